The molecule has 2 aromatic rings. The van der Waals surface area contributed by atoms with Gasteiger partial charge in [0, 0.05) is 38.6 Å². The van der Waals surface area contributed by atoms with Gasteiger partial charge in [-0.1, -0.05) is 29.3 Å². The molecule has 1 aromatic heterocycles. The molecule has 0 saturated carbocycles. The normalized spacial score (nSPS) is 19.5. The Bertz CT molecular complexity index is 603. The Balaban J connectivity index is 1.53. The molecule has 0 amide bonds. The molecule has 1 aromatic carbocycles. The summed E-state index contributed by atoms with van der Waals surface area (Å²) in [6.45, 7) is 4.59. The predicted octanol–water partition coefficient (Wildman–Crippen LogP) is 3.65. The molecule has 1 atom stereocenters. The summed E-state index contributed by atoms with van der Waals surface area (Å²) in [4.78, 5) is 2.43. The molecule has 4 nitrogen and oxygen atoms in total. The van der Waals surface area contributed by atoms with Gasteiger partial charge in [-0.2, -0.15) is 5.10 Å². The van der Waals surface area contributed by atoms with Gasteiger partial charge in [0.15, 0.2) is 0 Å². The van der Waals surface area contributed by atoms with Crippen molar-refractivity contribution in [3.8, 4) is 0 Å². The fourth-order valence-electron chi connectivity index (χ4n) is 2.71. The second-order valence-electron chi connectivity index (χ2n) is 5.46. The van der Waals surface area contributed by atoms with E-state index in [0.717, 1.165) is 44.8 Å². The standard InChI is InChI=1S/C16H19Cl2N3O/c17-14-4-3-13(11-15(14)18)16-12-20(9-10-22-16)6-2-8-21-7-1-5-19-21/h1,3-5,7,11,16H,2,6,8-10,12H2. The lowest BCUT2D eigenvalue weighted by Crippen LogP contribution is -2.39. The Hall–Kier alpha value is -1.07. The van der Waals surface area contributed by atoms with E-state index in [0.29, 0.717) is 10.0 Å². The van der Waals surface area contributed by atoms with Gasteiger partial charge in [-0.3, -0.25) is 9.58 Å². The average molecular weight is 340 g/mol. The molecule has 22 heavy (non-hydrogen) atoms. The van der Waals surface area contributed by atoms with Crippen LogP contribution in [0.5, 0.6) is 0 Å². The first-order valence-corrected chi connectivity index (χ1v) is 8.24. The van der Waals surface area contributed by atoms with Crippen LogP contribution in [0.4, 0.5) is 0 Å². The first kappa shape index (κ1) is 15.8. The molecule has 3 rings (SSSR count). The van der Waals surface area contributed by atoms with Crippen LogP contribution < -0.4 is 0 Å². The van der Waals surface area contributed by atoms with Crippen LogP contribution in [-0.4, -0.2) is 40.9 Å². The van der Waals surface area contributed by atoms with E-state index in [1.165, 1.54) is 0 Å². The van der Waals surface area contributed by atoms with Gasteiger partial charge in [0.05, 0.1) is 22.8 Å². The maximum absolute atomic E-state index is 6.10. The van der Waals surface area contributed by atoms with Gasteiger partial charge in [-0.05, 0) is 30.2 Å². The van der Waals surface area contributed by atoms with Crippen LogP contribution in [0.1, 0.15) is 18.1 Å². The van der Waals surface area contributed by atoms with E-state index in [4.69, 9.17) is 27.9 Å². The van der Waals surface area contributed by atoms with Crippen molar-refractivity contribution < 1.29 is 4.74 Å². The van der Waals surface area contributed by atoms with Crippen LogP contribution in [0.25, 0.3) is 0 Å². The maximum Gasteiger partial charge on any atom is 0.0952 e. The number of hydrogen-bond acceptors (Lipinski definition) is 3. The van der Waals surface area contributed by atoms with Crippen molar-refractivity contribution in [2.45, 2.75) is 19.1 Å². The number of benzene rings is 1. The lowest BCUT2D eigenvalue weighted by Gasteiger charge is -2.33. The maximum atomic E-state index is 6.10. The monoisotopic (exact) mass is 339 g/mol. The van der Waals surface area contributed by atoms with Gasteiger partial charge >= 0.3 is 0 Å². The number of aromatic nitrogens is 2. The molecule has 2 heterocycles. The van der Waals surface area contributed by atoms with E-state index in [1.54, 1.807) is 0 Å². The van der Waals surface area contributed by atoms with Gasteiger partial charge in [0.2, 0.25) is 0 Å². The van der Waals surface area contributed by atoms with E-state index in [2.05, 4.69) is 10.00 Å². The minimum atomic E-state index is 0.0632. The number of aryl methyl sites for hydroxylation is 1. The molecule has 1 fully saturated rings. The van der Waals surface area contributed by atoms with Crippen molar-refractivity contribution in [3.63, 3.8) is 0 Å². The Morgan fingerprint density at radius 2 is 2.14 bits per heavy atom. The minimum Gasteiger partial charge on any atom is -0.371 e. The molecule has 1 aliphatic rings. The third kappa shape index (κ3) is 4.02. The van der Waals surface area contributed by atoms with Crippen molar-refractivity contribution >= 4 is 23.2 Å². The summed E-state index contributed by atoms with van der Waals surface area (Å²) < 4.78 is 7.85. The van der Waals surface area contributed by atoms with Gasteiger partial charge < -0.3 is 4.74 Å². The molecular formula is C16H19Cl2N3O. The highest BCUT2D eigenvalue weighted by molar-refractivity contribution is 6.42. The topological polar surface area (TPSA) is 30.3 Å². The Morgan fingerprint density at radius 1 is 1.23 bits per heavy atom. The fourth-order valence-corrected chi connectivity index (χ4v) is 3.02. The number of morpholine rings is 1. The van der Waals surface area contributed by atoms with Crippen LogP contribution in [0, 0.1) is 0 Å². The van der Waals surface area contributed by atoms with Gasteiger partial charge in [0.1, 0.15) is 0 Å². The Labute approximate surface area is 140 Å². The summed E-state index contributed by atoms with van der Waals surface area (Å²) in [5.74, 6) is 0. The van der Waals surface area contributed by atoms with Crippen molar-refractivity contribution in [2.75, 3.05) is 26.2 Å². The van der Waals surface area contributed by atoms with E-state index in [-0.39, 0.29) is 6.10 Å². The second-order valence-corrected chi connectivity index (χ2v) is 6.27. The zero-order chi connectivity index (χ0) is 15.4. The molecular weight excluding hydrogens is 321 g/mol. The summed E-state index contributed by atoms with van der Waals surface area (Å²) in [7, 11) is 0. The molecule has 0 bridgehead atoms. The summed E-state index contributed by atoms with van der Waals surface area (Å²) in [6.07, 6.45) is 4.95. The van der Waals surface area contributed by atoms with Gasteiger partial charge in [-0.15, -0.1) is 0 Å². The highest BCUT2D eigenvalue weighted by Gasteiger charge is 2.22. The molecule has 1 aliphatic heterocycles. The lowest BCUT2D eigenvalue weighted by molar-refractivity contribution is -0.0305. The second kappa shape index (κ2) is 7.47. The molecule has 0 radical (unpaired) electrons. The quantitative estimate of drug-likeness (QED) is 0.832. The van der Waals surface area contributed by atoms with Crippen molar-refractivity contribution in [2.24, 2.45) is 0 Å². The van der Waals surface area contributed by atoms with Crippen LogP contribution in [0.15, 0.2) is 36.7 Å². The highest BCUT2D eigenvalue weighted by Crippen LogP contribution is 2.29. The third-order valence-electron chi connectivity index (χ3n) is 3.89. The zero-order valence-corrected chi connectivity index (χ0v) is 13.8. The van der Waals surface area contributed by atoms with Crippen molar-refractivity contribution in [1.82, 2.24) is 14.7 Å². The lowest BCUT2D eigenvalue weighted by atomic mass is 10.1. The molecule has 0 aliphatic carbocycles. The largest absolute Gasteiger partial charge is 0.371 e. The number of ether oxygens (including phenoxy) is 1. The van der Waals surface area contributed by atoms with Gasteiger partial charge in [-0.25, -0.2) is 0 Å². The third-order valence-corrected chi connectivity index (χ3v) is 4.63. The molecule has 118 valence electrons. The van der Waals surface area contributed by atoms with E-state index < -0.39 is 0 Å². The summed E-state index contributed by atoms with van der Waals surface area (Å²) in [5, 5.41) is 5.39. The van der Waals surface area contributed by atoms with Crippen LogP contribution >= 0.6 is 23.2 Å². The average Bonchev–Trinajstić information content (AvgIpc) is 3.04. The minimum absolute atomic E-state index is 0.0632. The first-order chi connectivity index (χ1) is 10.7. The van der Waals surface area contributed by atoms with Crippen molar-refractivity contribution in [3.05, 3.63) is 52.3 Å². The fraction of sp³-hybridized carbons (Fsp3) is 0.438. The molecule has 1 saturated heterocycles. The van der Waals surface area contributed by atoms with Crippen molar-refractivity contribution in [1.29, 1.82) is 0 Å². The molecule has 6 heteroatoms. The van der Waals surface area contributed by atoms with E-state index >= 15 is 0 Å². The summed E-state index contributed by atoms with van der Waals surface area (Å²) in [6, 6.07) is 7.68. The highest BCUT2D eigenvalue weighted by atomic mass is 35.5. The smallest absolute Gasteiger partial charge is 0.0952 e. The molecule has 0 N–H and O–H groups in total. The SMILES string of the molecule is Clc1ccc(C2CN(CCCn3cccn3)CCO2)cc1Cl. The summed E-state index contributed by atoms with van der Waals surface area (Å²) in [5.41, 5.74) is 1.09. The van der Waals surface area contributed by atoms with E-state index in [9.17, 15) is 0 Å². The van der Waals surface area contributed by atoms with Crippen LogP contribution in [0.2, 0.25) is 10.0 Å². The number of halogens is 2. The molecule has 0 spiro atoms. The first-order valence-electron chi connectivity index (χ1n) is 7.49. The van der Waals surface area contributed by atoms with Crippen LogP contribution in [0.3, 0.4) is 0 Å². The Morgan fingerprint density at radius 3 is 2.91 bits per heavy atom. The Kier molecular flexibility index (Phi) is 5.37. The van der Waals surface area contributed by atoms with E-state index in [1.807, 2.05) is 41.3 Å². The number of nitrogens with zero attached hydrogens (tertiary/aromatic N) is 3. The predicted molar refractivity (Wildman–Crippen MR) is 88.4 cm³/mol. The summed E-state index contributed by atoms with van der Waals surface area (Å²) >= 11 is 12.1. The van der Waals surface area contributed by atoms with Crippen LogP contribution in [-0.2, 0) is 11.3 Å². The number of rotatable bonds is 5. The number of hydrogen-bond donors (Lipinski definition) is 0. The van der Waals surface area contributed by atoms with Gasteiger partial charge in [0.25, 0.3) is 0 Å². The zero-order valence-electron chi connectivity index (χ0n) is 12.3. The molecule has 1 unspecified atom stereocenters.